The highest BCUT2D eigenvalue weighted by atomic mass is 16.2. The highest BCUT2D eigenvalue weighted by Gasteiger charge is 2.25. The van der Waals surface area contributed by atoms with Crippen LogP contribution in [0.2, 0.25) is 0 Å². The average molecular weight is 326 g/mol. The topological polar surface area (TPSA) is 76.9 Å². The molecule has 1 amide bonds. The number of hydrogen-bond acceptors (Lipinski definition) is 4. The van der Waals surface area contributed by atoms with Gasteiger partial charge in [0, 0.05) is 48.4 Å². The number of carbonyl (C=O) groups is 1. The lowest BCUT2D eigenvalue weighted by Gasteiger charge is -2.15. The van der Waals surface area contributed by atoms with Crippen molar-refractivity contribution < 1.29 is 4.79 Å². The van der Waals surface area contributed by atoms with Gasteiger partial charge in [-0.1, -0.05) is 13.8 Å². The Balaban J connectivity index is 2.04. The molecule has 0 aliphatic carbocycles. The molecule has 3 rings (SSSR count). The van der Waals surface area contributed by atoms with Crippen LogP contribution >= 0.6 is 0 Å². The van der Waals surface area contributed by atoms with Crippen LogP contribution in [-0.2, 0) is 13.0 Å². The van der Waals surface area contributed by atoms with Crippen LogP contribution in [0, 0.1) is 5.92 Å². The Morgan fingerprint density at radius 1 is 1.33 bits per heavy atom. The summed E-state index contributed by atoms with van der Waals surface area (Å²) in [4.78, 5) is 33.2. The molecule has 1 N–H and O–H groups in total. The molecule has 6 heteroatoms. The number of nitrogens with one attached hydrogen (secondary N) is 1. The Morgan fingerprint density at radius 3 is 2.79 bits per heavy atom. The molecule has 0 aromatic carbocycles. The zero-order chi connectivity index (χ0) is 17.1. The van der Waals surface area contributed by atoms with E-state index in [0.717, 1.165) is 25.0 Å². The molecular weight excluding hydrogens is 304 g/mol. The van der Waals surface area contributed by atoms with Crippen molar-refractivity contribution in [2.45, 2.75) is 39.7 Å². The second-order valence-corrected chi connectivity index (χ2v) is 6.54. The van der Waals surface area contributed by atoms with E-state index in [9.17, 15) is 9.59 Å². The molecule has 2 aromatic rings. The number of amides is 1. The fourth-order valence-electron chi connectivity index (χ4n) is 3.09. The lowest BCUT2D eigenvalue weighted by atomic mass is 9.99. The van der Waals surface area contributed by atoms with E-state index in [-0.39, 0.29) is 11.5 Å². The van der Waals surface area contributed by atoms with Gasteiger partial charge in [-0.15, -0.1) is 0 Å². The summed E-state index contributed by atoms with van der Waals surface area (Å²) in [5, 5.41) is 2.99. The molecule has 0 unspecified atom stereocenters. The summed E-state index contributed by atoms with van der Waals surface area (Å²) in [6.07, 6.45) is 7.26. The van der Waals surface area contributed by atoms with Gasteiger partial charge in [-0.25, -0.2) is 9.97 Å². The predicted molar refractivity (Wildman–Crippen MR) is 91.8 cm³/mol. The van der Waals surface area contributed by atoms with Gasteiger partial charge in [-0.2, -0.15) is 0 Å². The van der Waals surface area contributed by atoms with E-state index >= 15 is 0 Å². The van der Waals surface area contributed by atoms with Crippen molar-refractivity contribution in [3.63, 3.8) is 0 Å². The third kappa shape index (κ3) is 3.22. The minimum atomic E-state index is -0.125. The minimum Gasteiger partial charge on any atom is -0.352 e. The number of fused-ring (bicyclic) bond motifs is 1. The van der Waals surface area contributed by atoms with Gasteiger partial charge in [-0.3, -0.25) is 9.59 Å². The van der Waals surface area contributed by atoms with Crippen LogP contribution < -0.4 is 10.9 Å². The fourth-order valence-corrected chi connectivity index (χ4v) is 3.09. The quantitative estimate of drug-likeness (QED) is 0.912. The Morgan fingerprint density at radius 2 is 2.08 bits per heavy atom. The SMILES string of the molecule is CC(C)CCNC(=O)c1c(-c2cncnc2)cc(=O)n2c1CCC2. The van der Waals surface area contributed by atoms with Gasteiger partial charge in [0.15, 0.2) is 0 Å². The number of nitrogens with zero attached hydrogens (tertiary/aromatic N) is 3. The van der Waals surface area contributed by atoms with Gasteiger partial charge < -0.3 is 9.88 Å². The molecular formula is C18H22N4O2. The molecule has 1 aliphatic heterocycles. The second-order valence-electron chi connectivity index (χ2n) is 6.54. The van der Waals surface area contributed by atoms with E-state index in [4.69, 9.17) is 0 Å². The summed E-state index contributed by atoms with van der Waals surface area (Å²) in [7, 11) is 0. The third-order valence-electron chi connectivity index (χ3n) is 4.32. The van der Waals surface area contributed by atoms with Crippen molar-refractivity contribution in [3.05, 3.63) is 46.4 Å². The van der Waals surface area contributed by atoms with Crippen molar-refractivity contribution >= 4 is 5.91 Å². The molecule has 0 saturated carbocycles. The summed E-state index contributed by atoms with van der Waals surface area (Å²) < 4.78 is 1.71. The van der Waals surface area contributed by atoms with Gasteiger partial charge in [0.2, 0.25) is 0 Å². The maximum atomic E-state index is 12.8. The molecule has 0 fully saturated rings. The van der Waals surface area contributed by atoms with Crippen LogP contribution in [0.4, 0.5) is 0 Å². The Bertz CT molecular complexity index is 797. The molecule has 0 saturated heterocycles. The number of carbonyl (C=O) groups excluding carboxylic acids is 1. The first-order valence-corrected chi connectivity index (χ1v) is 8.38. The molecule has 0 atom stereocenters. The molecule has 0 bridgehead atoms. The monoisotopic (exact) mass is 326 g/mol. The highest BCUT2D eigenvalue weighted by molar-refractivity contribution is 6.01. The Hall–Kier alpha value is -2.50. The summed E-state index contributed by atoms with van der Waals surface area (Å²) >= 11 is 0. The van der Waals surface area contributed by atoms with Crippen molar-refractivity contribution in [1.82, 2.24) is 19.9 Å². The van der Waals surface area contributed by atoms with E-state index in [1.807, 2.05) is 0 Å². The molecule has 126 valence electrons. The molecule has 6 nitrogen and oxygen atoms in total. The van der Waals surface area contributed by atoms with E-state index in [2.05, 4.69) is 29.1 Å². The molecule has 2 aromatic heterocycles. The van der Waals surface area contributed by atoms with Crippen molar-refractivity contribution in [3.8, 4) is 11.1 Å². The first-order valence-electron chi connectivity index (χ1n) is 8.38. The largest absolute Gasteiger partial charge is 0.352 e. The maximum Gasteiger partial charge on any atom is 0.253 e. The Labute approximate surface area is 141 Å². The summed E-state index contributed by atoms with van der Waals surface area (Å²) in [5.74, 6) is 0.400. The lowest BCUT2D eigenvalue weighted by Crippen LogP contribution is -2.30. The number of aromatic nitrogens is 3. The lowest BCUT2D eigenvalue weighted by molar-refractivity contribution is 0.0951. The fraction of sp³-hybridized carbons (Fsp3) is 0.444. The van der Waals surface area contributed by atoms with Crippen molar-refractivity contribution in [1.29, 1.82) is 0 Å². The van der Waals surface area contributed by atoms with Crippen LogP contribution in [0.1, 0.15) is 42.7 Å². The first kappa shape index (κ1) is 16.4. The second kappa shape index (κ2) is 6.95. The van der Waals surface area contributed by atoms with Crippen molar-refractivity contribution in [2.24, 2.45) is 5.92 Å². The van der Waals surface area contributed by atoms with Crippen LogP contribution in [0.25, 0.3) is 11.1 Å². The molecule has 3 heterocycles. The zero-order valence-corrected chi connectivity index (χ0v) is 14.1. The van der Waals surface area contributed by atoms with E-state index < -0.39 is 0 Å². The highest BCUT2D eigenvalue weighted by Crippen LogP contribution is 2.27. The number of hydrogen-bond donors (Lipinski definition) is 1. The molecule has 0 spiro atoms. The predicted octanol–water partition coefficient (Wildman–Crippen LogP) is 2.03. The summed E-state index contributed by atoms with van der Waals surface area (Å²) in [5.41, 5.74) is 2.66. The standard InChI is InChI=1S/C18H22N4O2/c1-12(2)5-6-21-18(24)17-14(13-9-19-11-20-10-13)8-16(23)22-7-3-4-15(17)22/h8-12H,3-7H2,1-2H3,(H,21,24). The van der Waals surface area contributed by atoms with E-state index in [0.29, 0.717) is 35.7 Å². The number of pyridine rings is 1. The van der Waals surface area contributed by atoms with Crippen LogP contribution in [0.3, 0.4) is 0 Å². The normalized spacial score (nSPS) is 13.1. The van der Waals surface area contributed by atoms with Crippen LogP contribution in [-0.4, -0.2) is 27.0 Å². The smallest absolute Gasteiger partial charge is 0.253 e. The third-order valence-corrected chi connectivity index (χ3v) is 4.32. The van der Waals surface area contributed by atoms with Crippen LogP contribution in [0.5, 0.6) is 0 Å². The van der Waals surface area contributed by atoms with Gasteiger partial charge >= 0.3 is 0 Å². The summed E-state index contributed by atoms with van der Waals surface area (Å²) in [6.45, 7) is 5.54. The van der Waals surface area contributed by atoms with Gasteiger partial charge in [0.05, 0.1) is 5.56 Å². The number of rotatable bonds is 5. The van der Waals surface area contributed by atoms with E-state index in [1.165, 1.54) is 12.4 Å². The summed E-state index contributed by atoms with van der Waals surface area (Å²) in [6, 6.07) is 1.53. The zero-order valence-electron chi connectivity index (χ0n) is 14.1. The van der Waals surface area contributed by atoms with Gasteiger partial charge in [0.25, 0.3) is 11.5 Å². The first-order chi connectivity index (χ1) is 11.6. The van der Waals surface area contributed by atoms with Crippen molar-refractivity contribution in [2.75, 3.05) is 6.54 Å². The van der Waals surface area contributed by atoms with Gasteiger partial charge in [0.1, 0.15) is 6.33 Å². The average Bonchev–Trinajstić information content (AvgIpc) is 3.05. The molecule has 24 heavy (non-hydrogen) atoms. The maximum absolute atomic E-state index is 12.8. The Kier molecular flexibility index (Phi) is 4.74. The van der Waals surface area contributed by atoms with Gasteiger partial charge in [-0.05, 0) is 25.2 Å². The molecule has 0 radical (unpaired) electrons. The minimum absolute atomic E-state index is 0.0694. The molecule has 1 aliphatic rings. The van der Waals surface area contributed by atoms with E-state index in [1.54, 1.807) is 17.0 Å². The van der Waals surface area contributed by atoms with Crippen LogP contribution in [0.15, 0.2) is 29.6 Å².